The van der Waals surface area contributed by atoms with Gasteiger partial charge in [0.15, 0.2) is 0 Å². The molecule has 6 nitrogen and oxygen atoms in total. The molecule has 0 bridgehead atoms. The van der Waals surface area contributed by atoms with Gasteiger partial charge in [-0.3, -0.25) is 4.79 Å². The summed E-state index contributed by atoms with van der Waals surface area (Å²) in [6.07, 6.45) is 4.48. The fourth-order valence-electron chi connectivity index (χ4n) is 3.54. The molecule has 1 aliphatic heterocycles. The molecule has 1 atom stereocenters. The Bertz CT molecular complexity index is 1030. The third-order valence-corrected chi connectivity index (χ3v) is 5.52. The van der Waals surface area contributed by atoms with E-state index in [2.05, 4.69) is 15.0 Å². The normalized spacial score (nSPS) is 16.8. The summed E-state index contributed by atoms with van der Waals surface area (Å²) in [5.41, 5.74) is 2.74. The predicted octanol–water partition coefficient (Wildman–Crippen LogP) is 3.33. The number of benzene rings is 1. The number of thiazole rings is 1. The van der Waals surface area contributed by atoms with Gasteiger partial charge in [-0.2, -0.15) is 0 Å². The van der Waals surface area contributed by atoms with Crippen molar-refractivity contribution in [3.05, 3.63) is 70.4 Å². The van der Waals surface area contributed by atoms with Crippen LogP contribution in [0.15, 0.2) is 52.7 Å². The molecule has 1 aliphatic rings. The van der Waals surface area contributed by atoms with Gasteiger partial charge in [0.2, 0.25) is 5.91 Å². The maximum absolute atomic E-state index is 13.0. The average Bonchev–Trinajstić information content (AvgIpc) is 3.40. The molecule has 4 heterocycles. The van der Waals surface area contributed by atoms with E-state index in [1.165, 1.54) is 11.3 Å². The van der Waals surface area contributed by atoms with Gasteiger partial charge in [0.1, 0.15) is 22.4 Å². The van der Waals surface area contributed by atoms with Crippen molar-refractivity contribution in [1.82, 2.24) is 19.9 Å². The molecule has 0 aliphatic carbocycles. The standard InChI is InChI=1S/C19H16N4O2S/c24-17(10-16-20-6-8-26-16)23-7-5-13-18(22-11-21-13)19(23)15-9-12-3-1-2-4-14(12)25-15/h1-4,6,8-9,11,19H,5,7,10H2,(H,21,22)/t19-/m0/s1. The highest BCUT2D eigenvalue weighted by Gasteiger charge is 2.36. The molecule has 0 radical (unpaired) electrons. The molecule has 26 heavy (non-hydrogen) atoms. The first-order chi connectivity index (χ1) is 12.8. The molecule has 0 saturated carbocycles. The third kappa shape index (κ3) is 2.52. The van der Waals surface area contributed by atoms with Gasteiger partial charge in [0.05, 0.1) is 18.4 Å². The van der Waals surface area contributed by atoms with Gasteiger partial charge in [-0.15, -0.1) is 11.3 Å². The van der Waals surface area contributed by atoms with Crippen LogP contribution < -0.4 is 0 Å². The number of furan rings is 1. The maximum atomic E-state index is 13.0. The van der Waals surface area contributed by atoms with E-state index in [0.29, 0.717) is 13.0 Å². The van der Waals surface area contributed by atoms with E-state index in [-0.39, 0.29) is 11.9 Å². The van der Waals surface area contributed by atoms with Crippen molar-refractivity contribution in [1.29, 1.82) is 0 Å². The highest BCUT2D eigenvalue weighted by atomic mass is 32.1. The summed E-state index contributed by atoms with van der Waals surface area (Å²) in [5, 5.41) is 3.74. The van der Waals surface area contributed by atoms with Crippen LogP contribution in [0, 0.1) is 0 Å². The van der Waals surface area contributed by atoms with Crippen LogP contribution in [0.5, 0.6) is 0 Å². The number of H-pyrrole nitrogens is 1. The number of rotatable bonds is 3. The van der Waals surface area contributed by atoms with Gasteiger partial charge in [0.25, 0.3) is 0 Å². The summed E-state index contributed by atoms with van der Waals surface area (Å²) in [6, 6.07) is 9.57. The molecule has 4 aromatic rings. The second-order valence-corrected chi connectivity index (χ2v) is 7.27. The molecule has 7 heteroatoms. The van der Waals surface area contributed by atoms with Gasteiger partial charge in [-0.25, -0.2) is 9.97 Å². The van der Waals surface area contributed by atoms with E-state index in [1.54, 1.807) is 12.5 Å². The Labute approximate surface area is 153 Å². The molecule has 5 rings (SSSR count). The van der Waals surface area contributed by atoms with E-state index in [1.807, 2.05) is 40.6 Å². The second-order valence-electron chi connectivity index (χ2n) is 6.30. The Balaban J connectivity index is 1.56. The molecule has 1 N–H and O–H groups in total. The molecule has 0 unspecified atom stereocenters. The number of carbonyl (C=O) groups is 1. The van der Waals surface area contributed by atoms with Crippen molar-refractivity contribution in [3.8, 4) is 0 Å². The summed E-state index contributed by atoms with van der Waals surface area (Å²) < 4.78 is 6.09. The molecular formula is C19H16N4O2S. The summed E-state index contributed by atoms with van der Waals surface area (Å²) in [5.74, 6) is 0.783. The van der Waals surface area contributed by atoms with Crippen LogP contribution in [-0.2, 0) is 17.6 Å². The molecule has 0 saturated heterocycles. The number of nitrogens with zero attached hydrogens (tertiary/aromatic N) is 3. The molecule has 130 valence electrons. The Morgan fingerprint density at radius 3 is 3.12 bits per heavy atom. The number of para-hydroxylation sites is 1. The lowest BCUT2D eigenvalue weighted by Crippen LogP contribution is -2.41. The lowest BCUT2D eigenvalue weighted by molar-refractivity contribution is -0.133. The lowest BCUT2D eigenvalue weighted by Gasteiger charge is -2.33. The SMILES string of the molecule is O=C(Cc1nccs1)N1CCc2[nH]cnc2[C@@H]1c1cc2ccccc2o1. The Hall–Kier alpha value is -2.93. The second kappa shape index (κ2) is 6.10. The van der Waals surface area contributed by atoms with Gasteiger partial charge >= 0.3 is 0 Å². The topological polar surface area (TPSA) is 75.0 Å². The number of aromatic nitrogens is 3. The van der Waals surface area contributed by atoms with E-state index < -0.39 is 0 Å². The number of amides is 1. The van der Waals surface area contributed by atoms with Crippen LogP contribution in [0.4, 0.5) is 0 Å². The lowest BCUT2D eigenvalue weighted by atomic mass is 10.00. The molecule has 1 amide bonds. The van der Waals surface area contributed by atoms with E-state index >= 15 is 0 Å². The van der Waals surface area contributed by atoms with Gasteiger partial charge in [-0.1, -0.05) is 18.2 Å². The van der Waals surface area contributed by atoms with Crippen LogP contribution in [0.1, 0.15) is 28.2 Å². The first-order valence-electron chi connectivity index (χ1n) is 8.48. The van der Waals surface area contributed by atoms with Gasteiger partial charge in [-0.05, 0) is 12.1 Å². The summed E-state index contributed by atoms with van der Waals surface area (Å²) >= 11 is 1.50. The minimum Gasteiger partial charge on any atom is -0.458 e. The number of imidazole rings is 1. The first kappa shape index (κ1) is 15.3. The Morgan fingerprint density at radius 1 is 1.35 bits per heavy atom. The zero-order valence-electron chi connectivity index (χ0n) is 13.9. The number of carbonyl (C=O) groups excluding carboxylic acids is 1. The zero-order valence-corrected chi connectivity index (χ0v) is 14.7. The smallest absolute Gasteiger partial charge is 0.230 e. The van der Waals surface area contributed by atoms with E-state index in [4.69, 9.17) is 4.42 Å². The van der Waals surface area contributed by atoms with Crippen molar-refractivity contribution in [3.63, 3.8) is 0 Å². The monoisotopic (exact) mass is 364 g/mol. The largest absolute Gasteiger partial charge is 0.458 e. The van der Waals surface area contributed by atoms with E-state index in [9.17, 15) is 4.79 Å². The molecular weight excluding hydrogens is 348 g/mol. The molecule has 1 aromatic carbocycles. The van der Waals surface area contributed by atoms with Gasteiger partial charge in [0, 0.05) is 35.6 Å². The van der Waals surface area contributed by atoms with Crippen LogP contribution in [0.2, 0.25) is 0 Å². The van der Waals surface area contributed by atoms with E-state index in [0.717, 1.165) is 39.5 Å². The number of aromatic amines is 1. The summed E-state index contributed by atoms with van der Waals surface area (Å²) in [7, 11) is 0. The highest BCUT2D eigenvalue weighted by molar-refractivity contribution is 7.09. The number of hydrogen-bond donors (Lipinski definition) is 1. The zero-order chi connectivity index (χ0) is 17.5. The summed E-state index contributed by atoms with van der Waals surface area (Å²) in [6.45, 7) is 0.626. The van der Waals surface area contributed by atoms with Crippen LogP contribution >= 0.6 is 11.3 Å². The Kier molecular flexibility index (Phi) is 3.60. The average molecular weight is 364 g/mol. The van der Waals surface area contributed by atoms with Crippen LogP contribution in [-0.4, -0.2) is 32.3 Å². The number of hydrogen-bond acceptors (Lipinski definition) is 5. The van der Waals surface area contributed by atoms with Crippen molar-refractivity contribution >= 4 is 28.2 Å². The number of nitrogens with one attached hydrogen (secondary N) is 1. The minimum absolute atomic E-state index is 0.0408. The summed E-state index contributed by atoms with van der Waals surface area (Å²) in [4.78, 5) is 26.8. The van der Waals surface area contributed by atoms with Gasteiger partial charge < -0.3 is 14.3 Å². The van der Waals surface area contributed by atoms with Crippen molar-refractivity contribution in [2.45, 2.75) is 18.9 Å². The highest BCUT2D eigenvalue weighted by Crippen LogP contribution is 2.36. The molecule has 0 fully saturated rings. The van der Waals surface area contributed by atoms with Crippen molar-refractivity contribution < 1.29 is 9.21 Å². The minimum atomic E-state index is -0.315. The third-order valence-electron chi connectivity index (χ3n) is 4.75. The van der Waals surface area contributed by atoms with Crippen LogP contribution in [0.25, 0.3) is 11.0 Å². The van der Waals surface area contributed by atoms with Crippen molar-refractivity contribution in [2.75, 3.05) is 6.54 Å². The Morgan fingerprint density at radius 2 is 2.27 bits per heavy atom. The molecule has 3 aromatic heterocycles. The maximum Gasteiger partial charge on any atom is 0.230 e. The first-order valence-corrected chi connectivity index (χ1v) is 9.36. The quantitative estimate of drug-likeness (QED) is 0.605. The molecule has 0 spiro atoms. The van der Waals surface area contributed by atoms with Crippen LogP contribution in [0.3, 0.4) is 0 Å². The fraction of sp³-hybridized carbons (Fsp3) is 0.211. The number of fused-ring (bicyclic) bond motifs is 2. The predicted molar refractivity (Wildman–Crippen MR) is 97.9 cm³/mol. The van der Waals surface area contributed by atoms with Crippen molar-refractivity contribution in [2.24, 2.45) is 0 Å². The fourth-order valence-corrected chi connectivity index (χ4v) is 4.15.